The first-order valence-corrected chi connectivity index (χ1v) is 7.06. The molecule has 1 aromatic carbocycles. The van der Waals surface area contributed by atoms with Gasteiger partial charge in [-0.25, -0.2) is 0 Å². The summed E-state index contributed by atoms with van der Waals surface area (Å²) in [4.78, 5) is 12.3. The van der Waals surface area contributed by atoms with Crippen LogP contribution in [-0.2, 0) is 6.42 Å². The van der Waals surface area contributed by atoms with Gasteiger partial charge in [-0.1, -0.05) is 12.8 Å². The summed E-state index contributed by atoms with van der Waals surface area (Å²) < 4.78 is 5.45. The molecule has 0 radical (unpaired) electrons. The van der Waals surface area contributed by atoms with Crippen molar-refractivity contribution in [2.24, 2.45) is 5.73 Å². The summed E-state index contributed by atoms with van der Waals surface area (Å²) in [5.74, 6) is 0.892. The molecule has 4 nitrogen and oxygen atoms in total. The molecular weight excluding hydrogens is 240 g/mol. The van der Waals surface area contributed by atoms with E-state index >= 15 is 0 Å². The SMILES string of the molecule is NC1CCCCC1NC(=O)c1ccc2c(c1)CCO2. The molecule has 0 saturated heterocycles. The van der Waals surface area contributed by atoms with Gasteiger partial charge in [-0.05, 0) is 36.6 Å². The molecule has 1 heterocycles. The zero-order valence-electron chi connectivity index (χ0n) is 11.0. The molecule has 4 heteroatoms. The van der Waals surface area contributed by atoms with Crippen molar-refractivity contribution in [3.8, 4) is 5.75 Å². The van der Waals surface area contributed by atoms with Crippen LogP contribution in [0.25, 0.3) is 0 Å². The minimum absolute atomic E-state index is 0.0166. The van der Waals surface area contributed by atoms with Gasteiger partial charge in [0.2, 0.25) is 0 Å². The lowest BCUT2D eigenvalue weighted by molar-refractivity contribution is 0.0921. The molecular formula is C15H20N2O2. The number of benzene rings is 1. The van der Waals surface area contributed by atoms with Crippen molar-refractivity contribution in [3.05, 3.63) is 29.3 Å². The second-order valence-electron chi connectivity index (χ2n) is 5.45. The van der Waals surface area contributed by atoms with Crippen molar-refractivity contribution in [2.75, 3.05) is 6.61 Å². The zero-order valence-corrected chi connectivity index (χ0v) is 11.0. The van der Waals surface area contributed by atoms with Crippen molar-refractivity contribution in [2.45, 2.75) is 44.2 Å². The predicted octanol–water partition coefficient (Wildman–Crippen LogP) is 1.62. The Labute approximate surface area is 113 Å². The summed E-state index contributed by atoms with van der Waals surface area (Å²) in [5, 5.41) is 3.07. The molecule has 3 N–H and O–H groups in total. The molecule has 1 fully saturated rings. The van der Waals surface area contributed by atoms with Crippen molar-refractivity contribution >= 4 is 5.91 Å². The topological polar surface area (TPSA) is 64.3 Å². The van der Waals surface area contributed by atoms with E-state index in [2.05, 4.69) is 5.32 Å². The zero-order chi connectivity index (χ0) is 13.2. The van der Waals surface area contributed by atoms with Crippen LogP contribution in [0.4, 0.5) is 0 Å². The van der Waals surface area contributed by atoms with Gasteiger partial charge >= 0.3 is 0 Å². The van der Waals surface area contributed by atoms with E-state index in [4.69, 9.17) is 10.5 Å². The van der Waals surface area contributed by atoms with Gasteiger partial charge in [0.05, 0.1) is 6.61 Å². The minimum atomic E-state index is -0.0166. The number of rotatable bonds is 2. The van der Waals surface area contributed by atoms with Crippen molar-refractivity contribution in [1.82, 2.24) is 5.32 Å². The van der Waals surface area contributed by atoms with Crippen LogP contribution < -0.4 is 15.8 Å². The fourth-order valence-electron chi connectivity index (χ4n) is 2.92. The number of carbonyl (C=O) groups excluding carboxylic acids is 1. The molecule has 1 aliphatic heterocycles. The Morgan fingerprint density at radius 2 is 2.16 bits per heavy atom. The predicted molar refractivity (Wildman–Crippen MR) is 73.3 cm³/mol. The van der Waals surface area contributed by atoms with Crippen LogP contribution in [0.1, 0.15) is 41.6 Å². The Kier molecular flexibility index (Phi) is 3.42. The van der Waals surface area contributed by atoms with E-state index in [-0.39, 0.29) is 18.0 Å². The average Bonchev–Trinajstić information content (AvgIpc) is 2.88. The molecule has 1 saturated carbocycles. The lowest BCUT2D eigenvalue weighted by Gasteiger charge is -2.29. The highest BCUT2D eigenvalue weighted by molar-refractivity contribution is 5.94. The van der Waals surface area contributed by atoms with Gasteiger partial charge in [0, 0.05) is 24.1 Å². The van der Waals surface area contributed by atoms with E-state index in [1.54, 1.807) is 0 Å². The standard InChI is InChI=1S/C15H20N2O2/c16-12-3-1-2-4-13(12)17-15(18)11-5-6-14-10(9-11)7-8-19-14/h5-6,9,12-13H,1-4,7-8,16H2,(H,17,18). The maximum Gasteiger partial charge on any atom is 0.251 e. The number of nitrogens with two attached hydrogens (primary N) is 1. The van der Waals surface area contributed by atoms with E-state index in [1.165, 1.54) is 6.42 Å². The van der Waals surface area contributed by atoms with Crippen LogP contribution in [0.2, 0.25) is 0 Å². The molecule has 3 rings (SSSR count). The average molecular weight is 260 g/mol. The second-order valence-corrected chi connectivity index (χ2v) is 5.45. The smallest absolute Gasteiger partial charge is 0.251 e. The molecule has 1 aliphatic carbocycles. The lowest BCUT2D eigenvalue weighted by atomic mass is 9.91. The third-order valence-corrected chi connectivity index (χ3v) is 4.09. The molecule has 102 valence electrons. The molecule has 0 aromatic heterocycles. The van der Waals surface area contributed by atoms with Crippen molar-refractivity contribution < 1.29 is 9.53 Å². The highest BCUT2D eigenvalue weighted by Crippen LogP contribution is 2.26. The summed E-state index contributed by atoms with van der Waals surface area (Å²) in [6.07, 6.45) is 5.20. The Hall–Kier alpha value is -1.55. The fraction of sp³-hybridized carbons (Fsp3) is 0.533. The van der Waals surface area contributed by atoms with Gasteiger partial charge in [-0.3, -0.25) is 4.79 Å². The number of hydrogen-bond donors (Lipinski definition) is 2. The summed E-state index contributed by atoms with van der Waals surface area (Å²) in [7, 11) is 0. The first-order chi connectivity index (χ1) is 9.24. The van der Waals surface area contributed by atoms with Gasteiger partial charge in [0.25, 0.3) is 5.91 Å². The fourth-order valence-corrected chi connectivity index (χ4v) is 2.92. The van der Waals surface area contributed by atoms with E-state index in [1.807, 2.05) is 18.2 Å². The molecule has 19 heavy (non-hydrogen) atoms. The van der Waals surface area contributed by atoms with E-state index < -0.39 is 0 Å². The molecule has 2 unspecified atom stereocenters. The van der Waals surface area contributed by atoms with E-state index in [0.29, 0.717) is 12.2 Å². The number of ether oxygens (including phenoxy) is 1. The van der Waals surface area contributed by atoms with Crippen LogP contribution in [0.3, 0.4) is 0 Å². The van der Waals surface area contributed by atoms with Crippen LogP contribution in [0.5, 0.6) is 5.75 Å². The van der Waals surface area contributed by atoms with Gasteiger partial charge in [-0.15, -0.1) is 0 Å². The Morgan fingerprint density at radius 3 is 3.00 bits per heavy atom. The maximum absolute atomic E-state index is 12.3. The van der Waals surface area contributed by atoms with Crippen molar-refractivity contribution in [3.63, 3.8) is 0 Å². The quantitative estimate of drug-likeness (QED) is 0.849. The normalized spacial score (nSPS) is 25.5. The third kappa shape index (κ3) is 2.59. The molecule has 1 amide bonds. The monoisotopic (exact) mass is 260 g/mol. The van der Waals surface area contributed by atoms with Gasteiger partial charge in [-0.2, -0.15) is 0 Å². The molecule has 0 spiro atoms. The molecule has 1 aromatic rings. The molecule has 0 bridgehead atoms. The van der Waals surface area contributed by atoms with Gasteiger partial charge < -0.3 is 15.8 Å². The Balaban J connectivity index is 1.70. The van der Waals surface area contributed by atoms with Crippen LogP contribution >= 0.6 is 0 Å². The number of hydrogen-bond acceptors (Lipinski definition) is 3. The summed E-state index contributed by atoms with van der Waals surface area (Å²) >= 11 is 0. The first-order valence-electron chi connectivity index (χ1n) is 7.06. The number of fused-ring (bicyclic) bond motifs is 1. The lowest BCUT2D eigenvalue weighted by Crippen LogP contribution is -2.49. The van der Waals surface area contributed by atoms with Crippen LogP contribution in [-0.4, -0.2) is 24.6 Å². The molecule has 2 aliphatic rings. The summed E-state index contributed by atoms with van der Waals surface area (Å²) in [5.41, 5.74) is 7.90. The number of nitrogens with one attached hydrogen (secondary N) is 1. The first kappa shape index (κ1) is 12.5. The third-order valence-electron chi connectivity index (χ3n) is 4.09. The Bertz CT molecular complexity index is 487. The maximum atomic E-state index is 12.3. The largest absolute Gasteiger partial charge is 0.493 e. The van der Waals surface area contributed by atoms with Gasteiger partial charge in [0.15, 0.2) is 0 Å². The number of amides is 1. The highest BCUT2D eigenvalue weighted by Gasteiger charge is 2.24. The molecule has 2 atom stereocenters. The summed E-state index contributed by atoms with van der Waals surface area (Å²) in [6.45, 7) is 0.716. The Morgan fingerprint density at radius 1 is 1.32 bits per heavy atom. The van der Waals surface area contributed by atoms with E-state index in [0.717, 1.165) is 37.0 Å². The summed E-state index contributed by atoms with van der Waals surface area (Å²) in [6, 6.07) is 5.86. The van der Waals surface area contributed by atoms with Gasteiger partial charge in [0.1, 0.15) is 5.75 Å². The van der Waals surface area contributed by atoms with Crippen LogP contribution in [0, 0.1) is 0 Å². The second kappa shape index (κ2) is 5.21. The van der Waals surface area contributed by atoms with E-state index in [9.17, 15) is 4.79 Å². The number of carbonyl (C=O) groups is 1. The highest BCUT2D eigenvalue weighted by atomic mass is 16.5. The minimum Gasteiger partial charge on any atom is -0.493 e. The van der Waals surface area contributed by atoms with Crippen LogP contribution in [0.15, 0.2) is 18.2 Å². The van der Waals surface area contributed by atoms with Crippen molar-refractivity contribution in [1.29, 1.82) is 0 Å².